The molecule has 6 nitrogen and oxygen atoms in total. The number of rotatable bonds is 5. The summed E-state index contributed by atoms with van der Waals surface area (Å²) in [7, 11) is 0. The zero-order valence-electron chi connectivity index (χ0n) is 19.7. The van der Waals surface area contributed by atoms with E-state index >= 15 is 0 Å². The van der Waals surface area contributed by atoms with Crippen LogP contribution in [-0.4, -0.2) is 31.3 Å². The molecule has 0 aliphatic heterocycles. The minimum absolute atomic E-state index is 0.285. The van der Waals surface area contributed by atoms with Crippen molar-refractivity contribution in [3.05, 3.63) is 72.4 Å². The first-order valence-corrected chi connectivity index (χ1v) is 13.3. The van der Waals surface area contributed by atoms with Gasteiger partial charge in [0.2, 0.25) is 0 Å². The molecule has 7 rings (SSSR count). The van der Waals surface area contributed by atoms with E-state index in [1.165, 1.54) is 35.1 Å². The van der Waals surface area contributed by atoms with Crippen molar-refractivity contribution in [1.82, 2.24) is 25.1 Å². The van der Waals surface area contributed by atoms with Crippen molar-refractivity contribution in [2.24, 2.45) is 0 Å². The maximum absolute atomic E-state index is 6.25. The van der Waals surface area contributed by atoms with Crippen molar-refractivity contribution in [1.29, 1.82) is 0 Å². The van der Waals surface area contributed by atoms with Gasteiger partial charge in [0.05, 0.1) is 29.2 Å². The highest BCUT2D eigenvalue weighted by atomic mass is 32.1. The summed E-state index contributed by atoms with van der Waals surface area (Å²) in [5, 5.41) is 11.1. The number of fused-ring (bicyclic) bond motifs is 2. The molecule has 0 bridgehead atoms. The number of thiophene rings is 1. The molecule has 7 heteroatoms. The number of ether oxygens (including phenoxy) is 1. The van der Waals surface area contributed by atoms with Gasteiger partial charge < -0.3 is 9.72 Å². The average Bonchev–Trinajstić information content (AvgIpc) is 3.68. The summed E-state index contributed by atoms with van der Waals surface area (Å²) in [5.41, 5.74) is 7.57. The number of aromatic nitrogens is 5. The number of nitrogens with zero attached hydrogens (tertiary/aromatic N) is 3. The number of aromatic amines is 2. The molecular weight excluding hydrogens is 466 g/mol. The van der Waals surface area contributed by atoms with E-state index in [-0.39, 0.29) is 6.10 Å². The van der Waals surface area contributed by atoms with Gasteiger partial charge in [0, 0.05) is 33.1 Å². The Kier molecular flexibility index (Phi) is 5.28. The second-order valence-corrected chi connectivity index (χ2v) is 10.3. The predicted octanol–water partition coefficient (Wildman–Crippen LogP) is 7.61. The van der Waals surface area contributed by atoms with Crippen LogP contribution in [-0.2, 0) is 0 Å². The zero-order valence-corrected chi connectivity index (χ0v) is 20.5. The summed E-state index contributed by atoms with van der Waals surface area (Å²) >= 11 is 1.75. The Hall–Kier alpha value is -3.97. The van der Waals surface area contributed by atoms with Gasteiger partial charge in [0.15, 0.2) is 0 Å². The van der Waals surface area contributed by atoms with E-state index in [1.54, 1.807) is 17.5 Å². The third-order valence-electron chi connectivity index (χ3n) is 6.98. The number of H-pyrrole nitrogens is 2. The Morgan fingerprint density at radius 3 is 2.75 bits per heavy atom. The van der Waals surface area contributed by atoms with Crippen molar-refractivity contribution in [2.45, 2.75) is 38.2 Å². The van der Waals surface area contributed by atoms with Gasteiger partial charge in [-0.3, -0.25) is 10.1 Å². The Morgan fingerprint density at radius 1 is 0.917 bits per heavy atom. The van der Waals surface area contributed by atoms with Crippen LogP contribution in [0.4, 0.5) is 0 Å². The second kappa shape index (κ2) is 8.91. The Balaban J connectivity index is 1.26. The lowest BCUT2D eigenvalue weighted by Gasteiger charge is -2.22. The largest absolute Gasteiger partial charge is 0.489 e. The first-order chi connectivity index (χ1) is 17.8. The second-order valence-electron chi connectivity index (χ2n) is 9.38. The standard InChI is InChI=1S/C29H25N5OS/c1-2-6-19(7-3-1)35-20-14-18(16-30-17-20)23-11-12-25-28(32-23)29(34-33-25)26-15-22-21(27-10-5-13-36-27)8-4-9-24(22)31-26/h4-5,8-17,19,31H,1-3,6-7H2,(H,33,34). The first kappa shape index (κ1) is 21.3. The highest BCUT2D eigenvalue weighted by Crippen LogP contribution is 2.36. The van der Waals surface area contributed by atoms with Gasteiger partial charge in [-0.15, -0.1) is 11.3 Å². The van der Waals surface area contributed by atoms with Gasteiger partial charge in [-0.1, -0.05) is 24.6 Å². The molecule has 0 unspecified atom stereocenters. The van der Waals surface area contributed by atoms with Crippen LogP contribution in [0.15, 0.2) is 72.4 Å². The summed E-state index contributed by atoms with van der Waals surface area (Å²) in [6.45, 7) is 0. The van der Waals surface area contributed by atoms with E-state index in [1.807, 2.05) is 24.4 Å². The minimum atomic E-state index is 0.285. The molecule has 0 amide bonds. The lowest BCUT2D eigenvalue weighted by atomic mass is 9.98. The first-order valence-electron chi connectivity index (χ1n) is 12.4. The summed E-state index contributed by atoms with van der Waals surface area (Å²) in [5.74, 6) is 0.811. The molecule has 1 aromatic carbocycles. The maximum Gasteiger partial charge on any atom is 0.138 e. The van der Waals surface area contributed by atoms with E-state index in [4.69, 9.17) is 9.72 Å². The normalized spacial score (nSPS) is 14.6. The maximum atomic E-state index is 6.25. The van der Waals surface area contributed by atoms with Crippen molar-refractivity contribution in [3.63, 3.8) is 0 Å². The molecule has 36 heavy (non-hydrogen) atoms. The fourth-order valence-electron chi connectivity index (χ4n) is 5.18. The monoisotopic (exact) mass is 491 g/mol. The molecule has 1 aliphatic rings. The lowest BCUT2D eigenvalue weighted by Crippen LogP contribution is -2.19. The fourth-order valence-corrected chi connectivity index (χ4v) is 5.94. The minimum Gasteiger partial charge on any atom is -0.489 e. The van der Waals surface area contributed by atoms with Gasteiger partial charge in [-0.2, -0.15) is 5.10 Å². The molecule has 0 radical (unpaired) electrons. The Morgan fingerprint density at radius 2 is 1.86 bits per heavy atom. The van der Waals surface area contributed by atoms with E-state index < -0.39 is 0 Å². The molecule has 5 heterocycles. The van der Waals surface area contributed by atoms with Gasteiger partial charge in [-0.25, -0.2) is 4.98 Å². The summed E-state index contributed by atoms with van der Waals surface area (Å²) in [4.78, 5) is 14.3. The zero-order chi connectivity index (χ0) is 23.9. The topological polar surface area (TPSA) is 79.5 Å². The molecule has 1 saturated carbocycles. The van der Waals surface area contributed by atoms with Gasteiger partial charge in [0.1, 0.15) is 17.0 Å². The highest BCUT2D eigenvalue weighted by molar-refractivity contribution is 7.13. The quantitative estimate of drug-likeness (QED) is 0.260. The van der Waals surface area contributed by atoms with E-state index in [0.29, 0.717) is 0 Å². The van der Waals surface area contributed by atoms with Crippen LogP contribution in [0.1, 0.15) is 32.1 Å². The summed E-state index contributed by atoms with van der Waals surface area (Å²) < 4.78 is 6.25. The summed E-state index contributed by atoms with van der Waals surface area (Å²) in [6, 6.07) is 18.9. The number of hydrogen-bond acceptors (Lipinski definition) is 5. The van der Waals surface area contributed by atoms with Crippen molar-refractivity contribution >= 4 is 33.3 Å². The van der Waals surface area contributed by atoms with Crippen LogP contribution >= 0.6 is 11.3 Å². The smallest absolute Gasteiger partial charge is 0.138 e. The van der Waals surface area contributed by atoms with E-state index in [9.17, 15) is 0 Å². The number of benzene rings is 1. The Labute approximate surface area is 212 Å². The molecule has 1 fully saturated rings. The predicted molar refractivity (Wildman–Crippen MR) is 145 cm³/mol. The van der Waals surface area contributed by atoms with Crippen LogP contribution in [0.2, 0.25) is 0 Å². The van der Waals surface area contributed by atoms with Crippen LogP contribution in [0.5, 0.6) is 5.75 Å². The molecule has 2 N–H and O–H groups in total. The van der Waals surface area contributed by atoms with Crippen LogP contribution < -0.4 is 4.74 Å². The SMILES string of the molecule is c1csc(-c2cccc3[nH]c(-c4n[nH]c5ccc(-c6cncc(OC7CCCCC7)c6)nc45)cc23)c1. The van der Waals surface area contributed by atoms with Crippen LogP contribution in [0.25, 0.3) is 55.0 Å². The van der Waals surface area contributed by atoms with Gasteiger partial charge >= 0.3 is 0 Å². The fraction of sp³-hybridized carbons (Fsp3) is 0.207. The average molecular weight is 492 g/mol. The van der Waals surface area contributed by atoms with Crippen LogP contribution in [0.3, 0.4) is 0 Å². The number of hydrogen-bond donors (Lipinski definition) is 2. The number of nitrogens with one attached hydrogen (secondary N) is 2. The van der Waals surface area contributed by atoms with Crippen molar-refractivity contribution < 1.29 is 4.74 Å². The van der Waals surface area contributed by atoms with Crippen molar-refractivity contribution in [3.8, 4) is 38.8 Å². The van der Waals surface area contributed by atoms with Crippen LogP contribution in [0, 0.1) is 0 Å². The summed E-state index contributed by atoms with van der Waals surface area (Å²) in [6.07, 6.45) is 9.95. The van der Waals surface area contributed by atoms with E-state index in [0.717, 1.165) is 57.8 Å². The highest BCUT2D eigenvalue weighted by Gasteiger charge is 2.17. The molecular formula is C29H25N5OS. The lowest BCUT2D eigenvalue weighted by molar-refractivity contribution is 0.154. The van der Waals surface area contributed by atoms with Crippen molar-refractivity contribution in [2.75, 3.05) is 0 Å². The third-order valence-corrected chi connectivity index (χ3v) is 7.88. The molecule has 5 aromatic heterocycles. The molecule has 0 spiro atoms. The van der Waals surface area contributed by atoms with E-state index in [2.05, 4.69) is 61.9 Å². The molecule has 0 atom stereocenters. The number of pyridine rings is 2. The van der Waals surface area contributed by atoms with Gasteiger partial charge in [0.25, 0.3) is 0 Å². The molecule has 0 saturated heterocycles. The molecule has 1 aliphatic carbocycles. The Bertz CT molecular complexity index is 1660. The third kappa shape index (κ3) is 3.85. The molecule has 6 aromatic rings. The van der Waals surface area contributed by atoms with Gasteiger partial charge in [-0.05, 0) is 67.5 Å². The molecule has 178 valence electrons.